The number of benzene rings is 1. The van der Waals surface area contributed by atoms with Crippen LogP contribution in [-0.2, 0) is 13.0 Å². The molecule has 1 unspecified atom stereocenters. The molecule has 19 heavy (non-hydrogen) atoms. The Bertz CT molecular complexity index is 559. The fourth-order valence-corrected chi connectivity index (χ4v) is 4.14. The predicted octanol–water partition coefficient (Wildman–Crippen LogP) is 5.22. The number of fused-ring (bicyclic) bond motifs is 1. The van der Waals surface area contributed by atoms with Crippen LogP contribution in [-0.4, -0.2) is 0 Å². The summed E-state index contributed by atoms with van der Waals surface area (Å²) >= 11 is 14.3. The standard InChI is InChI=1S/C15H15Cl2NS/c16-12-3-1-4-13(17)11(12)9-18-14-5-2-6-15-10(14)7-8-19-15/h1,3-4,7-8,14,18H,2,5-6,9H2. The Labute approximate surface area is 127 Å². The third kappa shape index (κ3) is 2.82. The zero-order chi connectivity index (χ0) is 13.2. The van der Waals surface area contributed by atoms with Gasteiger partial charge in [0, 0.05) is 33.1 Å². The van der Waals surface area contributed by atoms with E-state index in [0.717, 1.165) is 22.2 Å². The number of halogens is 2. The fraction of sp³-hybridized carbons (Fsp3) is 0.333. The molecule has 1 N–H and O–H groups in total. The highest BCUT2D eigenvalue weighted by molar-refractivity contribution is 7.10. The van der Waals surface area contributed by atoms with Gasteiger partial charge in [0.2, 0.25) is 0 Å². The van der Waals surface area contributed by atoms with Crippen LogP contribution in [0.15, 0.2) is 29.6 Å². The van der Waals surface area contributed by atoms with E-state index in [4.69, 9.17) is 23.2 Å². The van der Waals surface area contributed by atoms with E-state index >= 15 is 0 Å². The van der Waals surface area contributed by atoms with Gasteiger partial charge in [0.05, 0.1) is 0 Å². The number of hydrogen-bond donors (Lipinski definition) is 1. The van der Waals surface area contributed by atoms with Gasteiger partial charge in [-0.2, -0.15) is 0 Å². The zero-order valence-electron chi connectivity index (χ0n) is 10.5. The molecule has 1 aliphatic carbocycles. The molecule has 0 spiro atoms. The van der Waals surface area contributed by atoms with Crippen LogP contribution in [0.2, 0.25) is 10.0 Å². The second kappa shape index (κ2) is 5.84. The van der Waals surface area contributed by atoms with E-state index in [1.54, 1.807) is 0 Å². The Morgan fingerprint density at radius 1 is 1.21 bits per heavy atom. The molecule has 4 heteroatoms. The van der Waals surface area contributed by atoms with Crippen molar-refractivity contribution in [3.05, 3.63) is 55.7 Å². The van der Waals surface area contributed by atoms with E-state index in [-0.39, 0.29) is 0 Å². The van der Waals surface area contributed by atoms with Crippen LogP contribution in [0.4, 0.5) is 0 Å². The highest BCUT2D eigenvalue weighted by Crippen LogP contribution is 2.34. The van der Waals surface area contributed by atoms with Crippen LogP contribution >= 0.6 is 34.5 Å². The number of aryl methyl sites for hydroxylation is 1. The predicted molar refractivity (Wildman–Crippen MR) is 83.3 cm³/mol. The molecule has 0 saturated carbocycles. The molecule has 1 aromatic heterocycles. The van der Waals surface area contributed by atoms with E-state index in [9.17, 15) is 0 Å². The highest BCUT2D eigenvalue weighted by atomic mass is 35.5. The molecular formula is C15H15Cl2NS. The maximum Gasteiger partial charge on any atom is 0.0465 e. The fourth-order valence-electron chi connectivity index (χ4n) is 2.62. The van der Waals surface area contributed by atoms with Gasteiger partial charge in [-0.05, 0) is 48.4 Å². The lowest BCUT2D eigenvalue weighted by Crippen LogP contribution is -2.24. The van der Waals surface area contributed by atoms with Crippen molar-refractivity contribution in [3.63, 3.8) is 0 Å². The summed E-state index contributed by atoms with van der Waals surface area (Å²) in [5.74, 6) is 0. The van der Waals surface area contributed by atoms with Crippen molar-refractivity contribution in [1.29, 1.82) is 0 Å². The van der Waals surface area contributed by atoms with Gasteiger partial charge < -0.3 is 5.32 Å². The Balaban J connectivity index is 1.74. The molecule has 0 bridgehead atoms. The monoisotopic (exact) mass is 311 g/mol. The van der Waals surface area contributed by atoms with E-state index in [1.807, 2.05) is 29.5 Å². The number of nitrogens with one attached hydrogen (secondary N) is 1. The minimum absolute atomic E-state index is 0.433. The molecule has 0 fully saturated rings. The van der Waals surface area contributed by atoms with Gasteiger partial charge in [0.1, 0.15) is 0 Å². The summed E-state index contributed by atoms with van der Waals surface area (Å²) in [6, 6.07) is 8.33. The Morgan fingerprint density at radius 3 is 2.79 bits per heavy atom. The maximum absolute atomic E-state index is 6.20. The average Bonchev–Trinajstić information content (AvgIpc) is 2.87. The number of hydrogen-bond acceptors (Lipinski definition) is 2. The van der Waals surface area contributed by atoms with Crippen LogP contribution in [0.1, 0.15) is 34.9 Å². The third-order valence-corrected chi connectivity index (χ3v) is 5.34. The summed E-state index contributed by atoms with van der Waals surface area (Å²) in [5, 5.41) is 7.26. The second-order valence-electron chi connectivity index (χ2n) is 4.83. The SMILES string of the molecule is Clc1cccc(Cl)c1CNC1CCCc2sccc21. The van der Waals surface area contributed by atoms with E-state index in [1.165, 1.54) is 29.7 Å². The van der Waals surface area contributed by atoms with Crippen molar-refractivity contribution in [3.8, 4) is 0 Å². The van der Waals surface area contributed by atoms with Gasteiger partial charge in [-0.1, -0.05) is 29.3 Å². The lowest BCUT2D eigenvalue weighted by Gasteiger charge is -2.24. The third-order valence-electron chi connectivity index (χ3n) is 3.64. The molecule has 1 aliphatic rings. The van der Waals surface area contributed by atoms with Gasteiger partial charge in [-0.3, -0.25) is 0 Å². The van der Waals surface area contributed by atoms with Crippen LogP contribution < -0.4 is 5.32 Å². The molecule has 0 aliphatic heterocycles. The van der Waals surface area contributed by atoms with Crippen LogP contribution in [0, 0.1) is 0 Å². The van der Waals surface area contributed by atoms with Crippen LogP contribution in [0.3, 0.4) is 0 Å². The van der Waals surface area contributed by atoms with E-state index in [0.29, 0.717) is 6.04 Å². The van der Waals surface area contributed by atoms with Gasteiger partial charge in [-0.15, -0.1) is 11.3 Å². The molecule has 3 rings (SSSR count). The molecule has 1 nitrogen and oxygen atoms in total. The lowest BCUT2D eigenvalue weighted by molar-refractivity contribution is 0.463. The maximum atomic E-state index is 6.20. The largest absolute Gasteiger partial charge is 0.306 e. The summed E-state index contributed by atoms with van der Waals surface area (Å²) in [5.41, 5.74) is 2.45. The van der Waals surface area contributed by atoms with Gasteiger partial charge in [0.25, 0.3) is 0 Å². The summed E-state index contributed by atoms with van der Waals surface area (Å²) in [4.78, 5) is 1.52. The molecule has 0 amide bonds. The molecule has 1 atom stereocenters. The Morgan fingerprint density at radius 2 is 2.00 bits per heavy atom. The normalized spacial score (nSPS) is 18.3. The molecule has 100 valence electrons. The summed E-state index contributed by atoms with van der Waals surface area (Å²) < 4.78 is 0. The smallest absolute Gasteiger partial charge is 0.0465 e. The van der Waals surface area contributed by atoms with Crippen LogP contribution in [0.5, 0.6) is 0 Å². The minimum atomic E-state index is 0.433. The number of rotatable bonds is 3. The van der Waals surface area contributed by atoms with Crippen molar-refractivity contribution < 1.29 is 0 Å². The molecule has 2 aromatic rings. The van der Waals surface area contributed by atoms with Crippen LogP contribution in [0.25, 0.3) is 0 Å². The first-order chi connectivity index (χ1) is 9.25. The second-order valence-corrected chi connectivity index (χ2v) is 6.64. The van der Waals surface area contributed by atoms with Crippen molar-refractivity contribution in [2.24, 2.45) is 0 Å². The Kier molecular flexibility index (Phi) is 4.13. The van der Waals surface area contributed by atoms with E-state index in [2.05, 4.69) is 16.8 Å². The minimum Gasteiger partial charge on any atom is -0.306 e. The lowest BCUT2D eigenvalue weighted by atomic mass is 9.94. The molecule has 1 heterocycles. The molecule has 0 radical (unpaired) electrons. The molecule has 0 saturated heterocycles. The first kappa shape index (κ1) is 13.4. The van der Waals surface area contributed by atoms with Crippen molar-refractivity contribution in [2.75, 3.05) is 0 Å². The van der Waals surface area contributed by atoms with Gasteiger partial charge >= 0.3 is 0 Å². The number of thiophene rings is 1. The zero-order valence-corrected chi connectivity index (χ0v) is 12.8. The van der Waals surface area contributed by atoms with Gasteiger partial charge in [0.15, 0.2) is 0 Å². The van der Waals surface area contributed by atoms with E-state index < -0.39 is 0 Å². The van der Waals surface area contributed by atoms with Crippen molar-refractivity contribution in [2.45, 2.75) is 31.8 Å². The summed E-state index contributed by atoms with van der Waals surface area (Å²) in [7, 11) is 0. The Hall–Kier alpha value is -0.540. The molecular weight excluding hydrogens is 297 g/mol. The van der Waals surface area contributed by atoms with Crippen molar-refractivity contribution in [1.82, 2.24) is 5.32 Å². The summed E-state index contributed by atoms with van der Waals surface area (Å²) in [6.45, 7) is 0.721. The van der Waals surface area contributed by atoms with Gasteiger partial charge in [-0.25, -0.2) is 0 Å². The topological polar surface area (TPSA) is 12.0 Å². The molecule has 1 aromatic carbocycles. The summed E-state index contributed by atoms with van der Waals surface area (Å²) in [6.07, 6.45) is 3.66. The average molecular weight is 312 g/mol. The van der Waals surface area contributed by atoms with Crippen molar-refractivity contribution >= 4 is 34.5 Å². The first-order valence-corrected chi connectivity index (χ1v) is 8.12. The highest BCUT2D eigenvalue weighted by Gasteiger charge is 2.21. The quantitative estimate of drug-likeness (QED) is 0.819. The first-order valence-electron chi connectivity index (χ1n) is 6.48.